The molecule has 0 atom stereocenters. The van der Waals surface area contributed by atoms with Gasteiger partial charge in [0.05, 0.1) is 37.6 Å². The maximum atomic E-state index is 12.8. The maximum absolute atomic E-state index is 12.8. The maximum Gasteiger partial charge on any atom is 0.318 e. The van der Waals surface area contributed by atoms with E-state index in [1.54, 1.807) is 19.9 Å². The number of hydrogen-bond donors (Lipinski definition) is 1. The van der Waals surface area contributed by atoms with E-state index in [-0.39, 0.29) is 45.3 Å². The molecule has 1 amide bonds. The van der Waals surface area contributed by atoms with E-state index in [0.29, 0.717) is 11.1 Å². The number of ether oxygens (including phenoxy) is 2. The second-order valence-electron chi connectivity index (χ2n) is 7.91. The molecule has 204 valence electrons. The van der Waals surface area contributed by atoms with E-state index >= 15 is 0 Å². The van der Waals surface area contributed by atoms with Crippen LogP contribution in [0.25, 0.3) is 6.08 Å². The Morgan fingerprint density at radius 1 is 1.00 bits per heavy atom. The van der Waals surface area contributed by atoms with Crippen LogP contribution in [-0.4, -0.2) is 27.3 Å². The van der Waals surface area contributed by atoms with Crippen LogP contribution in [0.3, 0.4) is 0 Å². The van der Waals surface area contributed by atoms with E-state index < -0.39 is 32.1 Å². The van der Waals surface area contributed by atoms with Gasteiger partial charge >= 0.3 is 5.69 Å². The summed E-state index contributed by atoms with van der Waals surface area (Å²) in [5.41, 5.74) is -0.705. The molecule has 0 saturated carbocycles. The quantitative estimate of drug-likeness (QED) is 0.119. The Balaban J connectivity index is 1.99. The van der Waals surface area contributed by atoms with Crippen molar-refractivity contribution in [1.82, 2.24) is 0 Å². The van der Waals surface area contributed by atoms with Gasteiger partial charge in [-0.05, 0) is 65.2 Å². The summed E-state index contributed by atoms with van der Waals surface area (Å²) in [6, 6.07) is 11.5. The molecule has 0 heterocycles. The van der Waals surface area contributed by atoms with Crippen molar-refractivity contribution >= 4 is 50.7 Å². The van der Waals surface area contributed by atoms with Crippen molar-refractivity contribution in [2.75, 3.05) is 11.9 Å². The van der Waals surface area contributed by atoms with Crippen molar-refractivity contribution in [2.45, 2.75) is 13.8 Å². The van der Waals surface area contributed by atoms with Crippen LogP contribution in [0.2, 0.25) is 0 Å². The van der Waals surface area contributed by atoms with E-state index in [4.69, 9.17) is 9.47 Å². The molecule has 1 N–H and O–H groups in total. The van der Waals surface area contributed by atoms with Crippen molar-refractivity contribution < 1.29 is 29.0 Å². The SMILES string of the molecule is CCOc1cc(/C=C(\C#N)C(=O)Nc2cc([N+](=O)[O-])ccc2C)cc(Br)c1Oc1ccc([N+](=O)[O-])cc1[N+](=O)[O-]. The van der Waals surface area contributed by atoms with E-state index in [1.165, 1.54) is 36.4 Å². The van der Waals surface area contributed by atoms with Crippen molar-refractivity contribution in [3.63, 3.8) is 0 Å². The van der Waals surface area contributed by atoms with Gasteiger partial charge in [0.25, 0.3) is 17.3 Å². The summed E-state index contributed by atoms with van der Waals surface area (Å²) in [5.74, 6) is -1.01. The average Bonchev–Trinajstić information content (AvgIpc) is 2.90. The van der Waals surface area contributed by atoms with Crippen molar-refractivity contribution in [3.05, 3.63) is 100 Å². The summed E-state index contributed by atoms with van der Waals surface area (Å²) >= 11 is 3.30. The molecule has 0 spiro atoms. The Kier molecular flexibility index (Phi) is 9.09. The van der Waals surface area contributed by atoms with Crippen LogP contribution in [0.1, 0.15) is 18.1 Å². The normalized spacial score (nSPS) is 10.8. The lowest BCUT2D eigenvalue weighted by atomic mass is 10.1. The van der Waals surface area contributed by atoms with E-state index in [1.807, 2.05) is 0 Å². The van der Waals surface area contributed by atoms with Gasteiger partial charge in [0.1, 0.15) is 11.6 Å². The lowest BCUT2D eigenvalue weighted by molar-refractivity contribution is -0.394. The standard InChI is InChI=1S/C25H18BrN5O9/c1-3-39-23-10-15(8-16(13-27)25(32)28-20-11-17(29(33)34)5-4-14(20)2)9-19(26)24(23)40-22-7-6-18(30(35)36)12-21(22)31(37)38/h4-12H,3H2,1-2H3,(H,28,32)/b16-8+. The molecule has 0 aliphatic rings. The fourth-order valence-corrected chi connectivity index (χ4v) is 3.90. The Hall–Kier alpha value is -5.36. The van der Waals surface area contributed by atoms with Gasteiger partial charge < -0.3 is 14.8 Å². The van der Waals surface area contributed by atoms with Crippen LogP contribution in [0.5, 0.6) is 17.2 Å². The topological polar surface area (TPSA) is 201 Å². The van der Waals surface area contributed by atoms with E-state index in [0.717, 1.165) is 18.2 Å². The number of halogens is 1. The number of amides is 1. The molecule has 0 aliphatic carbocycles. The highest BCUT2D eigenvalue weighted by Gasteiger charge is 2.24. The number of nitrogens with zero attached hydrogens (tertiary/aromatic N) is 4. The molecule has 14 nitrogen and oxygen atoms in total. The smallest absolute Gasteiger partial charge is 0.318 e. The molecular weight excluding hydrogens is 594 g/mol. The molecule has 3 aromatic carbocycles. The number of nitrogens with one attached hydrogen (secondary N) is 1. The minimum absolute atomic E-state index is 0.00568. The molecule has 40 heavy (non-hydrogen) atoms. The van der Waals surface area contributed by atoms with Gasteiger partial charge in [0.15, 0.2) is 11.5 Å². The number of aryl methyl sites for hydroxylation is 1. The van der Waals surface area contributed by atoms with Gasteiger partial charge in [-0.1, -0.05) is 6.07 Å². The molecular formula is C25H18BrN5O9. The third-order valence-electron chi connectivity index (χ3n) is 5.25. The fraction of sp³-hybridized carbons (Fsp3) is 0.120. The van der Waals surface area contributed by atoms with Crippen LogP contribution in [-0.2, 0) is 4.79 Å². The molecule has 3 aromatic rings. The van der Waals surface area contributed by atoms with Crippen LogP contribution in [0.15, 0.2) is 58.6 Å². The number of nitriles is 1. The van der Waals surface area contributed by atoms with Crippen LogP contribution in [0.4, 0.5) is 22.7 Å². The highest BCUT2D eigenvalue weighted by atomic mass is 79.9. The number of non-ortho nitro benzene ring substituents is 2. The molecule has 3 rings (SSSR count). The minimum Gasteiger partial charge on any atom is -0.490 e. The van der Waals surface area contributed by atoms with Gasteiger partial charge in [-0.15, -0.1) is 0 Å². The molecule has 0 aliphatic heterocycles. The zero-order valence-electron chi connectivity index (χ0n) is 20.7. The largest absolute Gasteiger partial charge is 0.490 e. The molecule has 0 bridgehead atoms. The molecule has 0 unspecified atom stereocenters. The molecule has 0 fully saturated rings. The predicted molar refractivity (Wildman–Crippen MR) is 145 cm³/mol. The van der Waals surface area contributed by atoms with E-state index in [2.05, 4.69) is 21.2 Å². The Morgan fingerprint density at radius 2 is 1.65 bits per heavy atom. The summed E-state index contributed by atoms with van der Waals surface area (Å²) in [4.78, 5) is 44.2. The van der Waals surface area contributed by atoms with Crippen LogP contribution < -0.4 is 14.8 Å². The summed E-state index contributed by atoms with van der Waals surface area (Å²) in [6.45, 7) is 3.45. The average molecular weight is 612 g/mol. The molecule has 0 aromatic heterocycles. The minimum atomic E-state index is -0.825. The second kappa shape index (κ2) is 12.5. The lowest BCUT2D eigenvalue weighted by Gasteiger charge is -2.15. The van der Waals surface area contributed by atoms with Gasteiger partial charge in [0, 0.05) is 18.2 Å². The molecule has 0 radical (unpaired) electrons. The zero-order valence-corrected chi connectivity index (χ0v) is 22.3. The van der Waals surface area contributed by atoms with Crippen LogP contribution >= 0.6 is 15.9 Å². The predicted octanol–water partition coefficient (Wildman–Crippen LogP) is 6.22. The van der Waals surface area contributed by atoms with E-state index in [9.17, 15) is 40.4 Å². The number of carbonyl (C=O) groups excluding carboxylic acids is 1. The monoisotopic (exact) mass is 611 g/mol. The van der Waals surface area contributed by atoms with Gasteiger partial charge in [0.2, 0.25) is 5.75 Å². The number of carbonyl (C=O) groups is 1. The number of hydrogen-bond acceptors (Lipinski definition) is 10. The summed E-state index contributed by atoms with van der Waals surface area (Å²) < 4.78 is 11.6. The third-order valence-corrected chi connectivity index (χ3v) is 5.84. The third kappa shape index (κ3) is 6.74. The van der Waals surface area contributed by atoms with Gasteiger partial charge in [-0.3, -0.25) is 35.1 Å². The van der Waals surface area contributed by atoms with Gasteiger partial charge in [-0.2, -0.15) is 5.26 Å². The Morgan fingerprint density at radius 3 is 2.25 bits per heavy atom. The summed E-state index contributed by atoms with van der Waals surface area (Å²) in [6.07, 6.45) is 1.24. The highest BCUT2D eigenvalue weighted by molar-refractivity contribution is 9.10. The number of rotatable bonds is 10. The molecule has 0 saturated heterocycles. The van der Waals surface area contributed by atoms with Crippen molar-refractivity contribution in [3.8, 4) is 23.3 Å². The first-order valence-corrected chi connectivity index (χ1v) is 12.0. The first-order chi connectivity index (χ1) is 18.9. The number of benzene rings is 3. The zero-order chi connectivity index (χ0) is 29.6. The number of anilines is 1. The fourth-order valence-electron chi connectivity index (χ4n) is 3.35. The van der Waals surface area contributed by atoms with Crippen LogP contribution in [0, 0.1) is 48.6 Å². The number of nitro benzene ring substituents is 3. The highest BCUT2D eigenvalue weighted by Crippen LogP contribution is 2.43. The first kappa shape index (κ1) is 29.2. The Labute approximate surface area is 234 Å². The summed E-state index contributed by atoms with van der Waals surface area (Å²) in [7, 11) is 0. The first-order valence-electron chi connectivity index (χ1n) is 11.2. The second-order valence-corrected chi connectivity index (χ2v) is 8.77. The van der Waals surface area contributed by atoms with Gasteiger partial charge in [-0.25, -0.2) is 0 Å². The lowest BCUT2D eigenvalue weighted by Crippen LogP contribution is -2.14. The summed E-state index contributed by atoms with van der Waals surface area (Å²) in [5, 5.41) is 45.7. The van der Waals surface area contributed by atoms with Crippen molar-refractivity contribution in [2.24, 2.45) is 0 Å². The number of nitro groups is 3. The Bertz CT molecular complexity index is 1610. The van der Waals surface area contributed by atoms with Crippen molar-refractivity contribution in [1.29, 1.82) is 5.26 Å². The molecule has 15 heteroatoms.